The Bertz CT molecular complexity index is 401. The maximum absolute atomic E-state index is 5.45. The minimum absolute atomic E-state index is 0.431. The second-order valence-electron chi connectivity index (χ2n) is 5.31. The van der Waals surface area contributed by atoms with Crippen LogP contribution in [-0.4, -0.2) is 29.5 Å². The van der Waals surface area contributed by atoms with E-state index in [9.17, 15) is 0 Å². The van der Waals surface area contributed by atoms with E-state index in [0.29, 0.717) is 6.04 Å². The molecule has 1 atom stereocenters. The van der Waals surface area contributed by atoms with E-state index in [-0.39, 0.29) is 0 Å². The highest BCUT2D eigenvalue weighted by Crippen LogP contribution is 2.26. The minimum Gasteiger partial charge on any atom is -0.382 e. The monoisotopic (exact) mass is 295 g/mol. The average Bonchev–Trinajstić information content (AvgIpc) is 2.86. The van der Waals surface area contributed by atoms with Crippen LogP contribution in [0, 0.1) is 0 Å². The van der Waals surface area contributed by atoms with Crippen molar-refractivity contribution >= 4 is 0 Å². The summed E-state index contributed by atoms with van der Waals surface area (Å²) in [7, 11) is 0. The Morgan fingerprint density at radius 3 is 2.43 bits per heavy atom. The quantitative estimate of drug-likeness (QED) is 0.635. The van der Waals surface area contributed by atoms with Crippen LogP contribution in [-0.2, 0) is 24.1 Å². The Morgan fingerprint density at radius 2 is 1.90 bits per heavy atom. The fraction of sp³-hybridized carbons (Fsp3) is 0.824. The van der Waals surface area contributed by atoms with Crippen molar-refractivity contribution in [3.63, 3.8) is 0 Å². The van der Waals surface area contributed by atoms with Crippen molar-refractivity contribution in [2.45, 2.75) is 72.9 Å². The summed E-state index contributed by atoms with van der Waals surface area (Å²) in [6, 6.07) is 0.431. The van der Waals surface area contributed by atoms with Crippen LogP contribution in [0.5, 0.6) is 0 Å². The number of nitrogens with zero attached hydrogens (tertiary/aromatic N) is 2. The van der Waals surface area contributed by atoms with Gasteiger partial charge in [0.2, 0.25) is 0 Å². The molecule has 0 saturated carbocycles. The first kappa shape index (κ1) is 18.2. The molecule has 0 spiro atoms. The highest BCUT2D eigenvalue weighted by atomic mass is 16.5. The fourth-order valence-corrected chi connectivity index (χ4v) is 2.94. The molecule has 4 heteroatoms. The van der Waals surface area contributed by atoms with Crippen molar-refractivity contribution in [1.29, 1.82) is 0 Å². The van der Waals surface area contributed by atoms with E-state index in [1.54, 1.807) is 0 Å². The zero-order chi connectivity index (χ0) is 15.7. The molecule has 21 heavy (non-hydrogen) atoms. The third kappa shape index (κ3) is 4.82. The first-order valence-corrected chi connectivity index (χ1v) is 8.62. The first-order valence-electron chi connectivity index (χ1n) is 8.62. The van der Waals surface area contributed by atoms with Crippen LogP contribution in [0.1, 0.15) is 70.5 Å². The van der Waals surface area contributed by atoms with E-state index < -0.39 is 0 Å². The van der Waals surface area contributed by atoms with Crippen LogP contribution < -0.4 is 5.32 Å². The van der Waals surface area contributed by atoms with Crippen LogP contribution in [0.15, 0.2) is 0 Å². The summed E-state index contributed by atoms with van der Waals surface area (Å²) in [6.45, 7) is 14.5. The predicted molar refractivity (Wildman–Crippen MR) is 88.8 cm³/mol. The Kier molecular flexibility index (Phi) is 8.62. The fourth-order valence-electron chi connectivity index (χ4n) is 2.94. The molecule has 0 aliphatic rings. The summed E-state index contributed by atoms with van der Waals surface area (Å²) in [6.07, 6.45) is 4.18. The topological polar surface area (TPSA) is 39.1 Å². The summed E-state index contributed by atoms with van der Waals surface area (Å²) >= 11 is 0. The summed E-state index contributed by atoms with van der Waals surface area (Å²) in [5, 5.41) is 8.48. The van der Waals surface area contributed by atoms with E-state index in [4.69, 9.17) is 9.84 Å². The first-order chi connectivity index (χ1) is 10.2. The van der Waals surface area contributed by atoms with Crippen LogP contribution >= 0.6 is 0 Å². The summed E-state index contributed by atoms with van der Waals surface area (Å²) < 4.78 is 7.66. The highest BCUT2D eigenvalue weighted by Gasteiger charge is 2.21. The number of hydrogen-bond acceptors (Lipinski definition) is 3. The molecule has 0 aliphatic carbocycles. The standard InChI is InChI=1S/C17H33N3O/c1-6-14(18-9-4)17-15(7-2)19-20(16(17)8-3)12-11-13-21-10-5/h14,18H,6-13H2,1-5H3. The second-order valence-corrected chi connectivity index (χ2v) is 5.31. The third-order valence-corrected chi connectivity index (χ3v) is 3.91. The molecule has 0 fully saturated rings. The molecule has 0 aliphatic heterocycles. The van der Waals surface area contributed by atoms with Gasteiger partial charge in [-0.3, -0.25) is 4.68 Å². The Hall–Kier alpha value is -0.870. The molecule has 1 aromatic rings. The van der Waals surface area contributed by atoms with Crippen molar-refractivity contribution in [2.75, 3.05) is 19.8 Å². The zero-order valence-electron chi connectivity index (χ0n) is 14.5. The number of aryl methyl sites for hydroxylation is 2. The number of ether oxygens (including phenoxy) is 1. The van der Waals surface area contributed by atoms with Gasteiger partial charge in [0.25, 0.3) is 0 Å². The van der Waals surface area contributed by atoms with Gasteiger partial charge < -0.3 is 10.1 Å². The lowest BCUT2D eigenvalue weighted by Gasteiger charge is -2.18. The van der Waals surface area contributed by atoms with Crippen LogP contribution in [0.4, 0.5) is 0 Å². The number of hydrogen-bond donors (Lipinski definition) is 1. The molecule has 1 unspecified atom stereocenters. The molecule has 1 heterocycles. The molecule has 0 radical (unpaired) electrons. The molecule has 0 aromatic carbocycles. The largest absolute Gasteiger partial charge is 0.382 e. The van der Waals surface area contributed by atoms with Crippen molar-refractivity contribution < 1.29 is 4.74 Å². The molecular formula is C17H33N3O. The van der Waals surface area contributed by atoms with Crippen molar-refractivity contribution in [3.05, 3.63) is 17.0 Å². The number of nitrogens with one attached hydrogen (secondary N) is 1. The molecule has 0 bridgehead atoms. The normalized spacial score (nSPS) is 12.8. The maximum Gasteiger partial charge on any atom is 0.0672 e. The Labute approximate surface area is 130 Å². The molecule has 1 rings (SSSR count). The number of rotatable bonds is 11. The van der Waals surface area contributed by atoms with Gasteiger partial charge in [0.05, 0.1) is 5.69 Å². The SMILES string of the molecule is CCNC(CC)c1c(CC)nn(CCCOCC)c1CC. The molecule has 0 saturated heterocycles. The lowest BCUT2D eigenvalue weighted by Crippen LogP contribution is -2.22. The van der Waals surface area contributed by atoms with Gasteiger partial charge in [-0.25, -0.2) is 0 Å². The number of aromatic nitrogens is 2. The minimum atomic E-state index is 0.431. The van der Waals surface area contributed by atoms with Gasteiger partial charge in [0.1, 0.15) is 0 Å². The summed E-state index contributed by atoms with van der Waals surface area (Å²) in [5.41, 5.74) is 4.10. The van der Waals surface area contributed by atoms with E-state index >= 15 is 0 Å². The second kappa shape index (κ2) is 9.96. The zero-order valence-corrected chi connectivity index (χ0v) is 14.5. The smallest absolute Gasteiger partial charge is 0.0672 e. The predicted octanol–water partition coefficient (Wildman–Crippen LogP) is 3.50. The van der Waals surface area contributed by atoms with Crippen LogP contribution in [0.3, 0.4) is 0 Å². The maximum atomic E-state index is 5.45. The van der Waals surface area contributed by atoms with Crippen molar-refractivity contribution in [1.82, 2.24) is 15.1 Å². The molecule has 1 aromatic heterocycles. The van der Waals surface area contributed by atoms with Crippen molar-refractivity contribution in [3.8, 4) is 0 Å². The Morgan fingerprint density at radius 1 is 1.14 bits per heavy atom. The molecule has 122 valence electrons. The molecule has 4 nitrogen and oxygen atoms in total. The van der Waals surface area contributed by atoms with Gasteiger partial charge in [0.15, 0.2) is 0 Å². The van der Waals surface area contributed by atoms with E-state index in [1.807, 2.05) is 6.92 Å². The van der Waals surface area contributed by atoms with Crippen LogP contribution in [0.25, 0.3) is 0 Å². The van der Waals surface area contributed by atoms with Crippen molar-refractivity contribution in [2.24, 2.45) is 0 Å². The average molecular weight is 295 g/mol. The molecular weight excluding hydrogens is 262 g/mol. The van der Waals surface area contributed by atoms with Gasteiger partial charge in [-0.2, -0.15) is 5.10 Å². The lowest BCUT2D eigenvalue weighted by atomic mass is 9.99. The molecule has 0 amide bonds. The van der Waals surface area contributed by atoms with Gasteiger partial charge in [0, 0.05) is 37.1 Å². The third-order valence-electron chi connectivity index (χ3n) is 3.91. The Balaban J connectivity index is 2.96. The summed E-state index contributed by atoms with van der Waals surface area (Å²) in [5.74, 6) is 0. The van der Waals surface area contributed by atoms with E-state index in [2.05, 4.69) is 37.7 Å². The van der Waals surface area contributed by atoms with Gasteiger partial charge in [-0.15, -0.1) is 0 Å². The summed E-state index contributed by atoms with van der Waals surface area (Å²) in [4.78, 5) is 0. The molecule has 1 N–H and O–H groups in total. The lowest BCUT2D eigenvalue weighted by molar-refractivity contribution is 0.140. The van der Waals surface area contributed by atoms with Gasteiger partial charge in [-0.1, -0.05) is 27.7 Å². The van der Waals surface area contributed by atoms with E-state index in [1.165, 1.54) is 17.0 Å². The van der Waals surface area contributed by atoms with Gasteiger partial charge >= 0.3 is 0 Å². The highest BCUT2D eigenvalue weighted by molar-refractivity contribution is 5.30. The van der Waals surface area contributed by atoms with E-state index in [0.717, 1.165) is 52.0 Å². The van der Waals surface area contributed by atoms with Crippen LogP contribution in [0.2, 0.25) is 0 Å². The van der Waals surface area contributed by atoms with Gasteiger partial charge in [-0.05, 0) is 39.2 Å².